The maximum absolute atomic E-state index is 12.5. The zero-order valence-corrected chi connectivity index (χ0v) is 14.7. The van der Waals surface area contributed by atoms with Gasteiger partial charge in [-0.2, -0.15) is 5.10 Å². The lowest BCUT2D eigenvalue weighted by molar-refractivity contribution is 0.0865. The molecule has 0 bridgehead atoms. The molecule has 1 N–H and O–H groups in total. The first-order valence-corrected chi connectivity index (χ1v) is 8.10. The molecule has 0 aliphatic carbocycles. The van der Waals surface area contributed by atoms with Gasteiger partial charge in [0.15, 0.2) is 5.76 Å². The van der Waals surface area contributed by atoms with Gasteiger partial charge in [-0.05, 0) is 30.3 Å². The largest absolute Gasteiger partial charge is 0.451 e. The van der Waals surface area contributed by atoms with E-state index < -0.39 is 0 Å². The van der Waals surface area contributed by atoms with Crippen molar-refractivity contribution in [2.75, 3.05) is 13.7 Å². The standard InChI is InChI=1S/C18H18ClN3O3/c1-22-15(9-10-20-22)14(11-24-2)21-18(23)17-8-7-16(25-17)12-5-3-4-6-13(12)19/h3-10,14H,11H2,1-2H3,(H,21,23). The lowest BCUT2D eigenvalue weighted by Crippen LogP contribution is -2.32. The molecular formula is C18H18ClN3O3. The third kappa shape index (κ3) is 3.75. The molecule has 25 heavy (non-hydrogen) atoms. The number of halogens is 1. The van der Waals surface area contributed by atoms with Crippen LogP contribution in [-0.4, -0.2) is 29.4 Å². The maximum atomic E-state index is 12.5. The Morgan fingerprint density at radius 3 is 2.80 bits per heavy atom. The Morgan fingerprint density at radius 1 is 1.32 bits per heavy atom. The third-order valence-electron chi connectivity index (χ3n) is 3.82. The number of furan rings is 1. The van der Waals surface area contributed by atoms with Crippen LogP contribution >= 0.6 is 11.6 Å². The Balaban J connectivity index is 1.79. The van der Waals surface area contributed by atoms with Crippen LogP contribution in [0, 0.1) is 0 Å². The lowest BCUT2D eigenvalue weighted by atomic mass is 10.2. The minimum Gasteiger partial charge on any atom is -0.451 e. The number of aryl methyl sites for hydroxylation is 1. The topological polar surface area (TPSA) is 69.3 Å². The van der Waals surface area contributed by atoms with Crippen molar-refractivity contribution in [3.63, 3.8) is 0 Å². The first-order chi connectivity index (χ1) is 12.1. The summed E-state index contributed by atoms with van der Waals surface area (Å²) in [4.78, 5) is 12.5. The second-order valence-corrected chi connectivity index (χ2v) is 5.91. The number of hydrogen-bond donors (Lipinski definition) is 1. The van der Waals surface area contributed by atoms with E-state index in [1.54, 1.807) is 36.2 Å². The van der Waals surface area contributed by atoms with Gasteiger partial charge in [0.2, 0.25) is 0 Å². The summed E-state index contributed by atoms with van der Waals surface area (Å²) in [5.41, 5.74) is 1.58. The SMILES string of the molecule is COCC(NC(=O)c1ccc(-c2ccccc2Cl)o1)c1ccnn1C. The van der Waals surface area contributed by atoms with Crippen LogP contribution in [0.4, 0.5) is 0 Å². The van der Waals surface area contributed by atoms with E-state index in [0.29, 0.717) is 17.4 Å². The van der Waals surface area contributed by atoms with Crippen LogP contribution in [0.2, 0.25) is 5.02 Å². The second kappa shape index (κ2) is 7.55. The first-order valence-electron chi connectivity index (χ1n) is 7.72. The van der Waals surface area contributed by atoms with Crippen LogP contribution in [0.25, 0.3) is 11.3 Å². The van der Waals surface area contributed by atoms with Gasteiger partial charge in [0.1, 0.15) is 5.76 Å². The van der Waals surface area contributed by atoms with Gasteiger partial charge in [0.25, 0.3) is 5.91 Å². The molecular weight excluding hydrogens is 342 g/mol. The molecule has 2 aromatic heterocycles. The van der Waals surface area contributed by atoms with Crippen LogP contribution in [-0.2, 0) is 11.8 Å². The van der Waals surface area contributed by atoms with E-state index in [9.17, 15) is 4.79 Å². The highest BCUT2D eigenvalue weighted by Gasteiger charge is 2.21. The molecule has 6 nitrogen and oxygen atoms in total. The monoisotopic (exact) mass is 359 g/mol. The quantitative estimate of drug-likeness (QED) is 0.731. The minimum atomic E-state index is -0.334. The van der Waals surface area contributed by atoms with Crippen molar-refractivity contribution in [2.24, 2.45) is 7.05 Å². The molecule has 0 fully saturated rings. The van der Waals surface area contributed by atoms with Gasteiger partial charge in [-0.15, -0.1) is 0 Å². The van der Waals surface area contributed by atoms with Crippen molar-refractivity contribution in [1.29, 1.82) is 0 Å². The van der Waals surface area contributed by atoms with Crippen LogP contribution in [0.5, 0.6) is 0 Å². The van der Waals surface area contributed by atoms with Crippen LogP contribution < -0.4 is 5.32 Å². The average molecular weight is 360 g/mol. The van der Waals surface area contributed by atoms with Crippen LogP contribution in [0.1, 0.15) is 22.3 Å². The number of rotatable bonds is 6. The molecule has 3 aromatic rings. The van der Waals surface area contributed by atoms with Gasteiger partial charge in [-0.25, -0.2) is 0 Å². The molecule has 7 heteroatoms. The van der Waals surface area contributed by atoms with E-state index in [2.05, 4.69) is 10.4 Å². The summed E-state index contributed by atoms with van der Waals surface area (Å²) in [7, 11) is 3.39. The zero-order valence-electron chi connectivity index (χ0n) is 13.9. The Labute approximate surface area is 150 Å². The molecule has 0 saturated heterocycles. The molecule has 3 rings (SSSR count). The molecule has 1 unspecified atom stereocenters. The van der Waals surface area contributed by atoms with Gasteiger partial charge in [0, 0.05) is 25.9 Å². The fraction of sp³-hybridized carbons (Fsp3) is 0.222. The van der Waals surface area contributed by atoms with Gasteiger partial charge in [-0.1, -0.05) is 23.7 Å². The highest BCUT2D eigenvalue weighted by Crippen LogP contribution is 2.29. The molecule has 2 heterocycles. The molecule has 0 aliphatic heterocycles. The Kier molecular flexibility index (Phi) is 5.21. The number of carbonyl (C=O) groups excluding carboxylic acids is 1. The highest BCUT2D eigenvalue weighted by atomic mass is 35.5. The summed E-state index contributed by atoms with van der Waals surface area (Å²) < 4.78 is 12.6. The van der Waals surface area contributed by atoms with Gasteiger partial charge >= 0.3 is 0 Å². The molecule has 0 aliphatic rings. The summed E-state index contributed by atoms with van der Waals surface area (Å²) in [5.74, 6) is 0.416. The van der Waals surface area contributed by atoms with Gasteiger partial charge < -0.3 is 14.5 Å². The van der Waals surface area contributed by atoms with Crippen molar-refractivity contribution < 1.29 is 13.9 Å². The number of methoxy groups -OCH3 is 1. The number of amides is 1. The van der Waals surface area contributed by atoms with Gasteiger partial charge in [0.05, 0.1) is 23.4 Å². The van der Waals surface area contributed by atoms with Crippen molar-refractivity contribution in [2.45, 2.75) is 6.04 Å². The molecule has 1 amide bonds. The molecule has 130 valence electrons. The molecule has 0 spiro atoms. The Morgan fingerprint density at radius 2 is 2.12 bits per heavy atom. The number of aromatic nitrogens is 2. The van der Waals surface area contributed by atoms with E-state index in [1.165, 1.54) is 0 Å². The number of ether oxygens (including phenoxy) is 1. The predicted molar refractivity (Wildman–Crippen MR) is 94.4 cm³/mol. The average Bonchev–Trinajstić information content (AvgIpc) is 3.24. The summed E-state index contributed by atoms with van der Waals surface area (Å²) in [5, 5.41) is 7.60. The summed E-state index contributed by atoms with van der Waals surface area (Å²) >= 11 is 6.17. The summed E-state index contributed by atoms with van der Waals surface area (Å²) in [6.45, 7) is 0.323. The second-order valence-electron chi connectivity index (χ2n) is 5.50. The number of nitrogens with zero attached hydrogens (tertiary/aromatic N) is 2. The van der Waals surface area contributed by atoms with Crippen LogP contribution in [0.3, 0.4) is 0 Å². The van der Waals surface area contributed by atoms with E-state index in [-0.39, 0.29) is 17.7 Å². The van der Waals surface area contributed by atoms with Crippen molar-refractivity contribution in [1.82, 2.24) is 15.1 Å². The smallest absolute Gasteiger partial charge is 0.287 e. The lowest BCUT2D eigenvalue weighted by Gasteiger charge is -2.17. The number of carbonyl (C=O) groups is 1. The first kappa shape index (κ1) is 17.3. The van der Waals surface area contributed by atoms with E-state index in [0.717, 1.165) is 11.3 Å². The maximum Gasteiger partial charge on any atom is 0.287 e. The fourth-order valence-corrected chi connectivity index (χ4v) is 2.82. The molecule has 0 radical (unpaired) electrons. The highest BCUT2D eigenvalue weighted by molar-refractivity contribution is 6.33. The van der Waals surface area contributed by atoms with Gasteiger partial charge in [-0.3, -0.25) is 9.48 Å². The van der Waals surface area contributed by atoms with E-state index in [4.69, 9.17) is 20.8 Å². The molecule has 1 aromatic carbocycles. The van der Waals surface area contributed by atoms with Crippen molar-refractivity contribution in [3.8, 4) is 11.3 Å². The Bertz CT molecular complexity index is 872. The number of hydrogen-bond acceptors (Lipinski definition) is 4. The van der Waals surface area contributed by atoms with Crippen molar-refractivity contribution >= 4 is 17.5 Å². The number of benzene rings is 1. The zero-order chi connectivity index (χ0) is 17.8. The van der Waals surface area contributed by atoms with Crippen LogP contribution in [0.15, 0.2) is 53.1 Å². The molecule has 1 atom stereocenters. The van der Waals surface area contributed by atoms with Crippen molar-refractivity contribution in [3.05, 3.63) is 65.1 Å². The van der Waals surface area contributed by atoms with E-state index >= 15 is 0 Å². The Hall–Kier alpha value is -2.57. The summed E-state index contributed by atoms with van der Waals surface area (Å²) in [6, 6.07) is 12.2. The fourth-order valence-electron chi connectivity index (χ4n) is 2.59. The number of nitrogens with one attached hydrogen (secondary N) is 1. The normalized spacial score (nSPS) is 12.1. The summed E-state index contributed by atoms with van der Waals surface area (Å²) in [6.07, 6.45) is 1.67. The minimum absolute atomic E-state index is 0.207. The predicted octanol–water partition coefficient (Wildman–Crippen LogP) is 3.45. The molecule has 0 saturated carbocycles. The van der Waals surface area contributed by atoms with E-state index in [1.807, 2.05) is 31.3 Å². The third-order valence-corrected chi connectivity index (χ3v) is 4.15.